The molecule has 0 radical (unpaired) electrons. The highest BCUT2D eigenvalue weighted by Gasteiger charge is 2.33. The summed E-state index contributed by atoms with van der Waals surface area (Å²) in [6.07, 6.45) is -1.93. The minimum atomic E-state index is -4.53. The van der Waals surface area contributed by atoms with Crippen molar-refractivity contribution in [2.24, 2.45) is 0 Å². The van der Waals surface area contributed by atoms with Crippen molar-refractivity contribution < 1.29 is 17.6 Å². The lowest BCUT2D eigenvalue weighted by molar-refractivity contribution is -0.137. The summed E-state index contributed by atoms with van der Waals surface area (Å²) in [5.41, 5.74) is -1.04. The van der Waals surface area contributed by atoms with Crippen molar-refractivity contribution in [1.29, 1.82) is 5.26 Å². The Morgan fingerprint density at radius 2 is 2.16 bits per heavy atom. The van der Waals surface area contributed by atoms with Gasteiger partial charge in [0.2, 0.25) is 0 Å². The number of alkyl halides is 3. The van der Waals surface area contributed by atoms with Gasteiger partial charge in [0.25, 0.3) is 0 Å². The fourth-order valence-corrected chi connectivity index (χ4v) is 1.51. The Hall–Kier alpha value is -2.49. The lowest BCUT2D eigenvalue weighted by Crippen LogP contribution is -2.11. The summed E-state index contributed by atoms with van der Waals surface area (Å²) < 4.78 is 43.5. The molecule has 0 saturated heterocycles. The number of hydrogen-bond donors (Lipinski definition) is 1. The lowest BCUT2D eigenvalue weighted by atomic mass is 10.1. The van der Waals surface area contributed by atoms with E-state index in [4.69, 9.17) is 9.68 Å². The number of nitrogens with zero attached hydrogens (tertiary/aromatic N) is 2. The second kappa shape index (κ2) is 5.02. The third-order valence-corrected chi connectivity index (χ3v) is 2.39. The molecule has 1 heterocycles. The third kappa shape index (κ3) is 3.04. The van der Waals surface area contributed by atoms with Crippen LogP contribution in [0.4, 0.5) is 18.9 Å². The van der Waals surface area contributed by atoms with Crippen LogP contribution >= 0.6 is 0 Å². The van der Waals surface area contributed by atoms with Crippen molar-refractivity contribution in [1.82, 2.24) is 4.98 Å². The first-order valence-corrected chi connectivity index (χ1v) is 5.23. The van der Waals surface area contributed by atoms with E-state index < -0.39 is 11.7 Å². The molecule has 0 aliphatic rings. The van der Waals surface area contributed by atoms with Gasteiger partial charge in [-0.15, -0.1) is 0 Å². The smallest absolute Gasteiger partial charge is 0.418 e. The SMILES string of the molecule is N#Cc1ccc(NCc2cnco2)c(C(F)(F)F)c1. The van der Waals surface area contributed by atoms with Crippen molar-refractivity contribution >= 4 is 5.69 Å². The van der Waals surface area contributed by atoms with Gasteiger partial charge in [-0.3, -0.25) is 0 Å². The molecule has 0 amide bonds. The number of anilines is 1. The van der Waals surface area contributed by atoms with Gasteiger partial charge in [-0.25, -0.2) is 4.98 Å². The number of benzene rings is 1. The predicted molar refractivity (Wildman–Crippen MR) is 60.0 cm³/mol. The Morgan fingerprint density at radius 3 is 2.74 bits per heavy atom. The molecule has 0 atom stereocenters. The van der Waals surface area contributed by atoms with Crippen molar-refractivity contribution in [3.05, 3.63) is 47.7 Å². The van der Waals surface area contributed by atoms with Gasteiger partial charge >= 0.3 is 6.18 Å². The maximum atomic E-state index is 12.8. The molecule has 1 N–H and O–H groups in total. The number of rotatable bonds is 3. The Balaban J connectivity index is 2.27. The van der Waals surface area contributed by atoms with Gasteiger partial charge in [0.05, 0.1) is 29.9 Å². The Bertz CT molecular complexity index is 600. The quantitative estimate of drug-likeness (QED) is 0.927. The zero-order chi connectivity index (χ0) is 13.9. The molecule has 7 heteroatoms. The molecule has 98 valence electrons. The monoisotopic (exact) mass is 267 g/mol. The first kappa shape index (κ1) is 13.0. The summed E-state index contributed by atoms with van der Waals surface area (Å²) in [4.78, 5) is 3.66. The number of nitriles is 1. The Morgan fingerprint density at radius 1 is 1.37 bits per heavy atom. The Kier molecular flexibility index (Phi) is 3.42. The van der Waals surface area contributed by atoms with Crippen LogP contribution in [0.25, 0.3) is 0 Å². The summed E-state index contributed by atoms with van der Waals surface area (Å²) >= 11 is 0. The van der Waals surface area contributed by atoms with Crippen molar-refractivity contribution in [3.63, 3.8) is 0 Å². The zero-order valence-electron chi connectivity index (χ0n) is 9.53. The second-order valence-electron chi connectivity index (χ2n) is 3.69. The number of oxazole rings is 1. The highest BCUT2D eigenvalue weighted by atomic mass is 19.4. The molecule has 4 nitrogen and oxygen atoms in total. The second-order valence-corrected chi connectivity index (χ2v) is 3.69. The molecule has 2 aromatic rings. The van der Waals surface area contributed by atoms with Gasteiger partial charge in [0, 0.05) is 5.69 Å². The minimum Gasteiger partial charge on any atom is -0.447 e. The standard InChI is InChI=1S/C12H8F3N3O/c13-12(14,15)10-3-8(4-16)1-2-11(10)18-6-9-5-17-7-19-9/h1-3,5,7,18H,6H2. The maximum absolute atomic E-state index is 12.8. The van der Waals surface area contributed by atoms with Gasteiger partial charge in [-0.05, 0) is 18.2 Å². The molecule has 19 heavy (non-hydrogen) atoms. The molecule has 2 rings (SSSR count). The molecule has 0 spiro atoms. The molecule has 1 aromatic carbocycles. The van der Waals surface area contributed by atoms with Crippen LogP contribution in [0.5, 0.6) is 0 Å². The number of nitrogens with one attached hydrogen (secondary N) is 1. The summed E-state index contributed by atoms with van der Waals surface area (Å²) in [7, 11) is 0. The Labute approximate surface area is 106 Å². The van der Waals surface area contributed by atoms with Crippen LogP contribution in [-0.2, 0) is 12.7 Å². The van der Waals surface area contributed by atoms with Crippen LogP contribution in [0.15, 0.2) is 35.2 Å². The fraction of sp³-hybridized carbons (Fsp3) is 0.167. The van der Waals surface area contributed by atoms with Gasteiger partial charge in [0.15, 0.2) is 6.39 Å². The predicted octanol–water partition coefficient (Wildman–Crippen LogP) is 3.18. The van der Waals surface area contributed by atoms with E-state index in [9.17, 15) is 13.2 Å². The maximum Gasteiger partial charge on any atom is 0.418 e. The van der Waals surface area contributed by atoms with E-state index in [1.165, 1.54) is 24.7 Å². The zero-order valence-corrected chi connectivity index (χ0v) is 9.53. The van der Waals surface area contributed by atoms with Crippen LogP contribution < -0.4 is 5.32 Å². The van der Waals surface area contributed by atoms with Crippen LogP contribution in [0.3, 0.4) is 0 Å². The van der Waals surface area contributed by atoms with E-state index in [1.807, 2.05) is 0 Å². The van der Waals surface area contributed by atoms with E-state index in [2.05, 4.69) is 10.3 Å². The molecule has 0 saturated carbocycles. The van der Waals surface area contributed by atoms with Gasteiger partial charge in [-0.2, -0.15) is 18.4 Å². The lowest BCUT2D eigenvalue weighted by Gasteiger charge is -2.14. The first-order valence-electron chi connectivity index (χ1n) is 5.23. The number of aromatic nitrogens is 1. The average Bonchev–Trinajstić information content (AvgIpc) is 2.88. The molecule has 0 aliphatic heterocycles. The van der Waals surface area contributed by atoms with E-state index >= 15 is 0 Å². The number of hydrogen-bond acceptors (Lipinski definition) is 4. The first-order chi connectivity index (χ1) is 9.00. The highest BCUT2D eigenvalue weighted by Crippen LogP contribution is 2.35. The largest absolute Gasteiger partial charge is 0.447 e. The highest BCUT2D eigenvalue weighted by molar-refractivity contribution is 5.56. The molecule has 0 bridgehead atoms. The van der Waals surface area contributed by atoms with Crippen molar-refractivity contribution in [2.45, 2.75) is 12.7 Å². The van der Waals surface area contributed by atoms with Crippen LogP contribution in [0.1, 0.15) is 16.9 Å². The average molecular weight is 267 g/mol. The van der Waals surface area contributed by atoms with Crippen LogP contribution in [-0.4, -0.2) is 4.98 Å². The molecular weight excluding hydrogens is 259 g/mol. The topological polar surface area (TPSA) is 61.9 Å². The van der Waals surface area contributed by atoms with Crippen LogP contribution in [0.2, 0.25) is 0 Å². The molecule has 0 aliphatic carbocycles. The molecule has 0 fully saturated rings. The van der Waals surface area contributed by atoms with E-state index in [0.717, 1.165) is 6.07 Å². The normalized spacial score (nSPS) is 11.1. The van der Waals surface area contributed by atoms with Crippen molar-refractivity contribution in [3.8, 4) is 6.07 Å². The van der Waals surface area contributed by atoms with Gasteiger partial charge in [0.1, 0.15) is 5.76 Å². The third-order valence-electron chi connectivity index (χ3n) is 2.39. The van der Waals surface area contributed by atoms with E-state index in [1.54, 1.807) is 6.07 Å². The summed E-state index contributed by atoms with van der Waals surface area (Å²) in [6.45, 7) is 0.0784. The van der Waals surface area contributed by atoms with Crippen molar-refractivity contribution in [2.75, 3.05) is 5.32 Å². The molecule has 1 aromatic heterocycles. The summed E-state index contributed by atoms with van der Waals surface area (Å²) in [5, 5.41) is 11.2. The number of halogens is 3. The fourth-order valence-electron chi connectivity index (χ4n) is 1.51. The molecule has 0 unspecified atom stereocenters. The molecular formula is C12H8F3N3O. The summed E-state index contributed by atoms with van der Waals surface area (Å²) in [5.74, 6) is 0.414. The van der Waals surface area contributed by atoms with Crippen LogP contribution in [0, 0.1) is 11.3 Å². The van der Waals surface area contributed by atoms with Gasteiger partial charge in [-0.1, -0.05) is 0 Å². The van der Waals surface area contributed by atoms with E-state index in [0.29, 0.717) is 5.76 Å². The van der Waals surface area contributed by atoms with E-state index in [-0.39, 0.29) is 17.8 Å². The minimum absolute atomic E-state index is 0.0439. The summed E-state index contributed by atoms with van der Waals surface area (Å²) in [6, 6.07) is 5.03. The van der Waals surface area contributed by atoms with Gasteiger partial charge < -0.3 is 9.73 Å².